The van der Waals surface area contributed by atoms with E-state index in [1.54, 1.807) is 0 Å². The Labute approximate surface area is 190 Å². The fourth-order valence-corrected chi connectivity index (χ4v) is 4.36. The number of ether oxygens (including phenoxy) is 1. The van der Waals surface area contributed by atoms with E-state index < -0.39 is 0 Å². The van der Waals surface area contributed by atoms with Crippen LogP contribution in [0.15, 0.2) is 4.99 Å². The van der Waals surface area contributed by atoms with Crippen molar-refractivity contribution in [3.05, 3.63) is 0 Å². The minimum absolute atomic E-state index is 0. The molecule has 7 heteroatoms. The van der Waals surface area contributed by atoms with Crippen molar-refractivity contribution >= 4 is 29.9 Å². The summed E-state index contributed by atoms with van der Waals surface area (Å²) in [7, 11) is 4.15. The number of morpholine rings is 1. The number of rotatable bonds is 9. The van der Waals surface area contributed by atoms with E-state index in [-0.39, 0.29) is 24.0 Å². The molecule has 1 heterocycles. The number of hydrogen-bond donors (Lipinski definition) is 2. The topological polar surface area (TPSA) is 52.1 Å². The van der Waals surface area contributed by atoms with Gasteiger partial charge in [-0.2, -0.15) is 0 Å². The van der Waals surface area contributed by atoms with E-state index in [4.69, 9.17) is 4.74 Å². The highest BCUT2D eigenvalue weighted by atomic mass is 127. The van der Waals surface area contributed by atoms with Crippen LogP contribution < -0.4 is 10.6 Å². The average molecular weight is 510 g/mol. The lowest BCUT2D eigenvalue weighted by atomic mass is 9.94. The second kappa shape index (κ2) is 14.8. The third kappa shape index (κ3) is 9.13. The molecule has 0 amide bonds. The van der Waals surface area contributed by atoms with E-state index >= 15 is 0 Å². The van der Waals surface area contributed by atoms with Crippen molar-refractivity contribution in [2.75, 3.05) is 60.0 Å². The number of halogens is 1. The van der Waals surface area contributed by atoms with Crippen LogP contribution in [-0.4, -0.2) is 87.9 Å². The van der Waals surface area contributed by atoms with Crippen molar-refractivity contribution < 1.29 is 4.74 Å². The van der Waals surface area contributed by atoms with Gasteiger partial charge >= 0.3 is 0 Å². The van der Waals surface area contributed by atoms with Crippen LogP contribution in [0.5, 0.6) is 0 Å². The molecule has 0 aromatic rings. The molecule has 0 aromatic carbocycles. The fourth-order valence-electron chi connectivity index (χ4n) is 4.36. The van der Waals surface area contributed by atoms with Crippen molar-refractivity contribution in [3.63, 3.8) is 0 Å². The molecule has 6 nitrogen and oxygen atoms in total. The molecular formula is C21H44IN5O. The molecule has 2 fully saturated rings. The molecule has 2 N–H and O–H groups in total. The van der Waals surface area contributed by atoms with Crippen LogP contribution in [0.3, 0.4) is 0 Å². The van der Waals surface area contributed by atoms with Gasteiger partial charge in [-0.3, -0.25) is 9.89 Å². The van der Waals surface area contributed by atoms with Crippen LogP contribution in [0.25, 0.3) is 0 Å². The Morgan fingerprint density at radius 3 is 2.43 bits per heavy atom. The lowest BCUT2D eigenvalue weighted by molar-refractivity contribution is 0.00752. The molecule has 1 unspecified atom stereocenters. The summed E-state index contributed by atoms with van der Waals surface area (Å²) in [4.78, 5) is 9.52. The van der Waals surface area contributed by atoms with E-state index in [2.05, 4.69) is 46.3 Å². The van der Waals surface area contributed by atoms with Gasteiger partial charge in [-0.1, -0.05) is 33.1 Å². The van der Waals surface area contributed by atoms with Crippen LogP contribution in [0, 0.1) is 5.92 Å². The first-order valence-electron chi connectivity index (χ1n) is 11.1. The van der Waals surface area contributed by atoms with E-state index in [0.29, 0.717) is 12.0 Å². The Balaban J connectivity index is 0.00000392. The largest absolute Gasteiger partial charge is 0.379 e. The molecule has 1 aliphatic carbocycles. The van der Waals surface area contributed by atoms with Gasteiger partial charge in [0.15, 0.2) is 5.96 Å². The molecule has 0 aromatic heterocycles. The zero-order valence-corrected chi connectivity index (χ0v) is 20.9. The number of hydrogen-bond acceptors (Lipinski definition) is 4. The van der Waals surface area contributed by atoms with Crippen molar-refractivity contribution in [1.82, 2.24) is 20.4 Å². The second-order valence-corrected chi connectivity index (χ2v) is 8.47. The molecule has 1 atom stereocenters. The van der Waals surface area contributed by atoms with Gasteiger partial charge in [-0.15, -0.1) is 24.0 Å². The molecule has 0 spiro atoms. The normalized spacial score (nSPS) is 20.9. The summed E-state index contributed by atoms with van der Waals surface area (Å²) in [6, 6.07) is 1.32. The summed E-state index contributed by atoms with van der Waals surface area (Å²) >= 11 is 0. The van der Waals surface area contributed by atoms with E-state index in [1.807, 2.05) is 7.05 Å². The molecule has 1 aliphatic heterocycles. The Bertz CT molecular complexity index is 423. The van der Waals surface area contributed by atoms with Gasteiger partial charge in [0.25, 0.3) is 0 Å². The van der Waals surface area contributed by atoms with Gasteiger partial charge < -0.3 is 20.3 Å². The average Bonchev–Trinajstić information content (AvgIpc) is 2.70. The smallest absolute Gasteiger partial charge is 0.191 e. The first-order valence-corrected chi connectivity index (χ1v) is 11.1. The summed E-state index contributed by atoms with van der Waals surface area (Å²) in [5.41, 5.74) is 0. The van der Waals surface area contributed by atoms with Crippen molar-refractivity contribution in [2.45, 2.75) is 64.5 Å². The SMILES string of the molecule is CN=C(NCCCN(C)C1CCCCC1)NCC(C(C)C)N1CCOCC1.I. The lowest BCUT2D eigenvalue weighted by Gasteiger charge is -2.37. The van der Waals surface area contributed by atoms with Crippen molar-refractivity contribution in [1.29, 1.82) is 0 Å². The van der Waals surface area contributed by atoms with Gasteiger partial charge in [0.1, 0.15) is 0 Å². The third-order valence-electron chi connectivity index (χ3n) is 6.16. The highest BCUT2D eigenvalue weighted by Gasteiger charge is 2.24. The predicted molar refractivity (Wildman–Crippen MR) is 130 cm³/mol. The maximum atomic E-state index is 5.50. The third-order valence-corrected chi connectivity index (χ3v) is 6.16. The molecule has 1 saturated heterocycles. The van der Waals surface area contributed by atoms with Crippen LogP contribution in [-0.2, 0) is 4.74 Å². The second-order valence-electron chi connectivity index (χ2n) is 8.47. The summed E-state index contributed by atoms with van der Waals surface area (Å²) in [6.45, 7) is 11.4. The quantitative estimate of drug-likeness (QED) is 0.217. The molecule has 0 radical (unpaired) electrons. The van der Waals surface area contributed by atoms with Crippen LogP contribution in [0.4, 0.5) is 0 Å². The summed E-state index contributed by atoms with van der Waals surface area (Å²) in [5.74, 6) is 1.53. The molecule has 166 valence electrons. The molecular weight excluding hydrogens is 465 g/mol. The van der Waals surface area contributed by atoms with Gasteiger partial charge in [-0.05, 0) is 38.8 Å². The minimum atomic E-state index is 0. The molecule has 0 bridgehead atoms. The summed E-state index contributed by atoms with van der Waals surface area (Å²) < 4.78 is 5.50. The lowest BCUT2D eigenvalue weighted by Crippen LogP contribution is -2.52. The Hall–Kier alpha value is -0.120. The Morgan fingerprint density at radius 1 is 1.14 bits per heavy atom. The highest BCUT2D eigenvalue weighted by molar-refractivity contribution is 14.0. The number of nitrogens with zero attached hydrogens (tertiary/aromatic N) is 3. The number of aliphatic imine (C=N–C) groups is 1. The first kappa shape index (κ1) is 25.9. The van der Waals surface area contributed by atoms with Gasteiger partial charge in [0.05, 0.1) is 13.2 Å². The monoisotopic (exact) mass is 509 g/mol. The van der Waals surface area contributed by atoms with E-state index in [1.165, 1.54) is 32.1 Å². The van der Waals surface area contributed by atoms with Crippen molar-refractivity contribution in [3.8, 4) is 0 Å². The molecule has 1 saturated carbocycles. The Morgan fingerprint density at radius 2 is 1.82 bits per heavy atom. The predicted octanol–water partition coefficient (Wildman–Crippen LogP) is 2.78. The van der Waals surface area contributed by atoms with Crippen LogP contribution >= 0.6 is 24.0 Å². The summed E-state index contributed by atoms with van der Waals surface area (Å²) in [5, 5.41) is 7.04. The van der Waals surface area contributed by atoms with Gasteiger partial charge in [0.2, 0.25) is 0 Å². The standard InChI is InChI=1S/C21H43N5O.HI/c1-18(2)20(26-13-15-27-16-14-26)17-24-21(22-3)23-11-8-12-25(4)19-9-6-5-7-10-19;/h18-20H,5-17H2,1-4H3,(H2,22,23,24);1H. The van der Waals surface area contributed by atoms with Crippen LogP contribution in [0.2, 0.25) is 0 Å². The number of nitrogens with one attached hydrogen (secondary N) is 2. The van der Waals surface area contributed by atoms with Gasteiger partial charge in [0, 0.05) is 45.3 Å². The molecule has 28 heavy (non-hydrogen) atoms. The Kier molecular flexibility index (Phi) is 13.7. The summed E-state index contributed by atoms with van der Waals surface area (Å²) in [6.07, 6.45) is 8.16. The number of guanidine groups is 1. The minimum Gasteiger partial charge on any atom is -0.379 e. The van der Waals surface area contributed by atoms with Gasteiger partial charge in [-0.25, -0.2) is 0 Å². The van der Waals surface area contributed by atoms with Crippen LogP contribution in [0.1, 0.15) is 52.4 Å². The zero-order valence-electron chi connectivity index (χ0n) is 18.6. The molecule has 2 rings (SSSR count). The van der Waals surface area contributed by atoms with Crippen molar-refractivity contribution in [2.24, 2.45) is 10.9 Å². The maximum Gasteiger partial charge on any atom is 0.191 e. The first-order chi connectivity index (χ1) is 13.1. The fraction of sp³-hybridized carbons (Fsp3) is 0.952. The van der Waals surface area contributed by atoms with E-state index in [9.17, 15) is 0 Å². The molecule has 2 aliphatic rings. The van der Waals surface area contributed by atoms with E-state index in [0.717, 1.165) is 64.4 Å². The zero-order chi connectivity index (χ0) is 19.5. The highest BCUT2D eigenvalue weighted by Crippen LogP contribution is 2.21. The maximum absolute atomic E-state index is 5.50.